The smallest absolute Gasteiger partial charge is 0.304 e. The number of nitrogens with zero attached hydrogens (tertiary/aromatic N) is 1. The molecule has 184 valence electrons. The van der Waals surface area contributed by atoms with Crippen LogP contribution in [0.5, 0.6) is 5.75 Å². The highest BCUT2D eigenvalue weighted by atomic mass is 16.5. The third kappa shape index (κ3) is 5.43. The van der Waals surface area contributed by atoms with Crippen LogP contribution in [0.2, 0.25) is 0 Å². The molecule has 0 spiro atoms. The first-order chi connectivity index (χ1) is 16.8. The van der Waals surface area contributed by atoms with Gasteiger partial charge in [0.1, 0.15) is 11.9 Å². The van der Waals surface area contributed by atoms with Crippen molar-refractivity contribution in [1.82, 2.24) is 4.90 Å². The lowest BCUT2D eigenvalue weighted by Crippen LogP contribution is -2.30. The molecule has 1 unspecified atom stereocenters. The summed E-state index contributed by atoms with van der Waals surface area (Å²) in [6.07, 6.45) is 0.0853. The van der Waals surface area contributed by atoms with Crippen molar-refractivity contribution in [2.75, 3.05) is 24.6 Å². The van der Waals surface area contributed by atoms with Crippen LogP contribution < -0.4 is 15.8 Å². The van der Waals surface area contributed by atoms with Gasteiger partial charge in [0.05, 0.1) is 17.8 Å². The SMILES string of the molecule is CNc1ccc(C(CC(=O)O)c2ccc(C)c(CN3Cc4ccccc4O[C@@H](C)C3)c2)c(C)c1N. The van der Waals surface area contributed by atoms with Crippen LogP contribution in [0.3, 0.4) is 0 Å². The summed E-state index contributed by atoms with van der Waals surface area (Å²) in [6, 6.07) is 18.5. The monoisotopic (exact) mass is 473 g/mol. The molecule has 6 heteroatoms. The lowest BCUT2D eigenvalue weighted by Gasteiger charge is -2.25. The number of rotatable bonds is 7. The maximum Gasteiger partial charge on any atom is 0.304 e. The molecule has 0 aromatic heterocycles. The second kappa shape index (κ2) is 10.4. The fourth-order valence-corrected chi connectivity index (χ4v) is 5.04. The van der Waals surface area contributed by atoms with Crippen LogP contribution in [0.25, 0.3) is 0 Å². The number of nitrogen functional groups attached to an aromatic ring is 1. The van der Waals surface area contributed by atoms with E-state index in [2.05, 4.69) is 48.3 Å². The van der Waals surface area contributed by atoms with Gasteiger partial charge in [-0.15, -0.1) is 0 Å². The number of nitrogens with two attached hydrogens (primary N) is 1. The fraction of sp³-hybridized carbons (Fsp3) is 0.345. The third-order valence-corrected chi connectivity index (χ3v) is 6.96. The number of carboxylic acids is 1. The van der Waals surface area contributed by atoms with Crippen molar-refractivity contribution >= 4 is 17.3 Å². The van der Waals surface area contributed by atoms with Crippen LogP contribution in [0, 0.1) is 13.8 Å². The summed E-state index contributed by atoms with van der Waals surface area (Å²) >= 11 is 0. The Kier molecular flexibility index (Phi) is 7.31. The number of carboxylic acid groups (broad SMARTS) is 1. The van der Waals surface area contributed by atoms with E-state index in [9.17, 15) is 9.90 Å². The van der Waals surface area contributed by atoms with Gasteiger partial charge >= 0.3 is 5.97 Å². The number of carbonyl (C=O) groups is 1. The molecule has 4 rings (SSSR count). The summed E-state index contributed by atoms with van der Waals surface area (Å²) in [7, 11) is 1.83. The van der Waals surface area contributed by atoms with E-state index in [4.69, 9.17) is 10.5 Å². The Bertz CT molecular complexity index is 1220. The lowest BCUT2D eigenvalue weighted by atomic mass is 9.84. The van der Waals surface area contributed by atoms with Crippen LogP contribution in [-0.4, -0.2) is 35.7 Å². The molecule has 0 saturated heterocycles. The Morgan fingerprint density at radius 1 is 1.20 bits per heavy atom. The second-order valence-corrected chi connectivity index (χ2v) is 9.53. The highest BCUT2D eigenvalue weighted by Crippen LogP contribution is 2.36. The zero-order chi connectivity index (χ0) is 25.1. The minimum Gasteiger partial charge on any atom is -0.489 e. The first-order valence-electron chi connectivity index (χ1n) is 12.1. The van der Waals surface area contributed by atoms with Gasteiger partial charge in [0.15, 0.2) is 0 Å². The van der Waals surface area contributed by atoms with Gasteiger partial charge < -0.3 is 20.9 Å². The molecule has 0 radical (unpaired) electrons. The van der Waals surface area contributed by atoms with Crippen molar-refractivity contribution in [3.05, 3.63) is 88.0 Å². The normalized spacial score (nSPS) is 16.6. The van der Waals surface area contributed by atoms with E-state index < -0.39 is 5.97 Å². The van der Waals surface area contributed by atoms with E-state index in [0.717, 1.165) is 47.8 Å². The number of nitrogens with one attached hydrogen (secondary N) is 1. The van der Waals surface area contributed by atoms with Crippen molar-refractivity contribution in [1.29, 1.82) is 0 Å². The molecule has 4 N–H and O–H groups in total. The topological polar surface area (TPSA) is 87.8 Å². The lowest BCUT2D eigenvalue weighted by molar-refractivity contribution is -0.137. The highest BCUT2D eigenvalue weighted by molar-refractivity contribution is 5.74. The Balaban J connectivity index is 1.68. The summed E-state index contributed by atoms with van der Waals surface area (Å²) in [5.74, 6) is -0.164. The van der Waals surface area contributed by atoms with Crippen LogP contribution in [0.4, 0.5) is 11.4 Å². The molecule has 0 aliphatic carbocycles. The average Bonchev–Trinajstić information content (AvgIpc) is 2.98. The molecule has 0 fully saturated rings. The molecule has 1 heterocycles. The first-order valence-corrected chi connectivity index (χ1v) is 12.1. The Morgan fingerprint density at radius 3 is 2.71 bits per heavy atom. The van der Waals surface area contributed by atoms with Crippen LogP contribution in [0.15, 0.2) is 54.6 Å². The van der Waals surface area contributed by atoms with Crippen molar-refractivity contribution in [2.24, 2.45) is 0 Å². The van der Waals surface area contributed by atoms with Gasteiger partial charge in [-0.25, -0.2) is 0 Å². The average molecular weight is 474 g/mol. The van der Waals surface area contributed by atoms with Gasteiger partial charge in [-0.2, -0.15) is 0 Å². The molecule has 3 aromatic carbocycles. The van der Waals surface area contributed by atoms with Crippen LogP contribution in [0.1, 0.15) is 52.6 Å². The Morgan fingerprint density at radius 2 is 1.97 bits per heavy atom. The van der Waals surface area contributed by atoms with Crippen molar-refractivity contribution in [3.8, 4) is 5.75 Å². The summed E-state index contributed by atoms with van der Waals surface area (Å²) in [5, 5.41) is 12.8. The molecule has 3 aromatic rings. The number of aliphatic carboxylic acids is 1. The second-order valence-electron chi connectivity index (χ2n) is 9.53. The predicted molar refractivity (Wildman–Crippen MR) is 141 cm³/mol. The van der Waals surface area contributed by atoms with Gasteiger partial charge in [0, 0.05) is 38.2 Å². The molecular formula is C29H35N3O3. The molecule has 1 aliphatic heterocycles. The van der Waals surface area contributed by atoms with E-state index in [1.165, 1.54) is 16.7 Å². The Labute approximate surface area is 207 Å². The summed E-state index contributed by atoms with van der Waals surface area (Å²) in [6.45, 7) is 8.57. The number of ether oxygens (including phenoxy) is 1. The molecule has 35 heavy (non-hydrogen) atoms. The molecule has 2 atom stereocenters. The van der Waals surface area contributed by atoms with Gasteiger partial charge in [-0.05, 0) is 60.7 Å². The third-order valence-electron chi connectivity index (χ3n) is 6.96. The van der Waals surface area contributed by atoms with E-state index in [1.54, 1.807) is 0 Å². The molecule has 1 aliphatic rings. The first kappa shape index (κ1) is 24.6. The number of benzene rings is 3. The number of fused-ring (bicyclic) bond motifs is 1. The maximum atomic E-state index is 11.9. The van der Waals surface area contributed by atoms with Gasteiger partial charge in [-0.3, -0.25) is 9.69 Å². The standard InChI is InChI=1S/C29H35N3O3/c1-18-9-10-21(25(14-28(33)34)24-11-12-26(31-4)29(30)20(24)3)13-23(18)17-32-15-19(2)35-27-8-6-5-7-22(27)16-32/h5-13,19,25,31H,14-17,30H2,1-4H3,(H,33,34)/t19-,25?/m0/s1. The number of hydrogen-bond acceptors (Lipinski definition) is 5. The molecule has 0 saturated carbocycles. The van der Waals surface area contributed by atoms with Crippen LogP contribution >= 0.6 is 0 Å². The molecule has 0 amide bonds. The number of aryl methyl sites for hydroxylation is 1. The largest absolute Gasteiger partial charge is 0.489 e. The maximum absolute atomic E-state index is 11.9. The van der Waals surface area contributed by atoms with E-state index >= 15 is 0 Å². The minimum absolute atomic E-state index is 0.00362. The molecule has 6 nitrogen and oxygen atoms in total. The van der Waals surface area contributed by atoms with Crippen molar-refractivity contribution < 1.29 is 14.6 Å². The number of para-hydroxylation sites is 1. The van der Waals surface area contributed by atoms with Gasteiger partial charge in [-0.1, -0.05) is 42.5 Å². The molecule has 0 bridgehead atoms. The molecular weight excluding hydrogens is 438 g/mol. The fourth-order valence-electron chi connectivity index (χ4n) is 5.04. The zero-order valence-corrected chi connectivity index (χ0v) is 21.0. The number of hydrogen-bond donors (Lipinski definition) is 3. The van der Waals surface area contributed by atoms with E-state index in [1.807, 2.05) is 44.3 Å². The van der Waals surface area contributed by atoms with Crippen molar-refractivity contribution in [2.45, 2.75) is 52.3 Å². The van der Waals surface area contributed by atoms with Gasteiger partial charge in [0.25, 0.3) is 0 Å². The Hall–Kier alpha value is -3.51. The zero-order valence-electron chi connectivity index (χ0n) is 21.0. The van der Waals surface area contributed by atoms with Crippen LogP contribution in [-0.2, 0) is 17.9 Å². The van der Waals surface area contributed by atoms with E-state index in [0.29, 0.717) is 5.69 Å². The number of anilines is 2. The van der Waals surface area contributed by atoms with Crippen molar-refractivity contribution in [3.63, 3.8) is 0 Å². The van der Waals surface area contributed by atoms with E-state index in [-0.39, 0.29) is 18.4 Å². The summed E-state index contributed by atoms with van der Waals surface area (Å²) < 4.78 is 6.14. The summed E-state index contributed by atoms with van der Waals surface area (Å²) in [4.78, 5) is 14.3. The quantitative estimate of drug-likeness (QED) is 0.403. The minimum atomic E-state index is -0.831. The predicted octanol–water partition coefficient (Wildman–Crippen LogP) is 5.32. The summed E-state index contributed by atoms with van der Waals surface area (Å²) in [5.41, 5.74) is 14.3. The highest BCUT2D eigenvalue weighted by Gasteiger charge is 2.24. The van der Waals surface area contributed by atoms with Gasteiger partial charge in [0.2, 0.25) is 0 Å².